The summed E-state index contributed by atoms with van der Waals surface area (Å²) in [5.74, 6) is 0. The summed E-state index contributed by atoms with van der Waals surface area (Å²) < 4.78 is 1.80. The van der Waals surface area contributed by atoms with Crippen molar-refractivity contribution in [2.24, 2.45) is 0 Å². The van der Waals surface area contributed by atoms with Crippen molar-refractivity contribution in [3.05, 3.63) is 56.7 Å². The van der Waals surface area contributed by atoms with E-state index >= 15 is 0 Å². The van der Waals surface area contributed by atoms with E-state index in [-0.39, 0.29) is 0 Å². The van der Waals surface area contributed by atoms with Crippen LogP contribution < -0.4 is 5.32 Å². The van der Waals surface area contributed by atoms with E-state index in [9.17, 15) is 0 Å². The molecule has 2 heterocycles. The lowest BCUT2D eigenvalue weighted by molar-refractivity contribution is 1.32. The maximum Gasteiger partial charge on any atom is 0.112 e. The van der Waals surface area contributed by atoms with E-state index in [1.54, 1.807) is 12.4 Å². The second-order valence-corrected chi connectivity index (χ2v) is 6.34. The highest BCUT2D eigenvalue weighted by Crippen LogP contribution is 2.31. The lowest BCUT2D eigenvalue weighted by Gasteiger charge is -2.10. The molecule has 0 unspecified atom stereocenters. The van der Waals surface area contributed by atoms with Crippen molar-refractivity contribution in [2.75, 3.05) is 5.32 Å². The number of aromatic nitrogens is 2. The summed E-state index contributed by atoms with van der Waals surface area (Å²) in [6.07, 6.45) is 3.51. The van der Waals surface area contributed by atoms with Gasteiger partial charge in [0.15, 0.2) is 0 Å². The highest BCUT2D eigenvalue weighted by molar-refractivity contribution is 9.10. The number of benzene rings is 1. The molecule has 20 heavy (non-hydrogen) atoms. The number of halogens is 3. The summed E-state index contributed by atoms with van der Waals surface area (Å²) in [5.41, 5.74) is 3.46. The quantitative estimate of drug-likeness (QED) is 0.598. The van der Waals surface area contributed by atoms with Crippen molar-refractivity contribution in [2.45, 2.75) is 0 Å². The molecule has 2 aromatic heterocycles. The number of anilines is 2. The van der Waals surface area contributed by atoms with Crippen LogP contribution in [0.2, 0.25) is 5.02 Å². The second-order valence-electron chi connectivity index (χ2n) is 4.13. The molecule has 0 saturated heterocycles. The minimum atomic E-state index is 0.684. The van der Waals surface area contributed by atoms with Crippen LogP contribution in [-0.4, -0.2) is 9.97 Å². The predicted molar refractivity (Wildman–Crippen MR) is 89.7 cm³/mol. The van der Waals surface area contributed by atoms with Crippen LogP contribution in [0.15, 0.2) is 51.7 Å². The minimum Gasteiger partial charge on any atom is -0.353 e. The topological polar surface area (TPSA) is 37.8 Å². The zero-order valence-electron chi connectivity index (χ0n) is 10.1. The third kappa shape index (κ3) is 2.80. The lowest BCUT2D eigenvalue weighted by Crippen LogP contribution is -1.95. The fourth-order valence-electron chi connectivity index (χ4n) is 1.84. The maximum atomic E-state index is 5.95. The van der Waals surface area contributed by atoms with E-state index < -0.39 is 0 Å². The van der Waals surface area contributed by atoms with Gasteiger partial charge in [0.2, 0.25) is 0 Å². The van der Waals surface area contributed by atoms with Crippen molar-refractivity contribution in [1.29, 1.82) is 0 Å². The van der Waals surface area contributed by atoms with E-state index in [1.807, 2.05) is 30.3 Å². The Morgan fingerprint density at radius 2 is 1.85 bits per heavy atom. The summed E-state index contributed by atoms with van der Waals surface area (Å²) >= 11 is 12.8. The summed E-state index contributed by atoms with van der Waals surface area (Å²) in [4.78, 5) is 8.73. The van der Waals surface area contributed by atoms with Gasteiger partial charge in [-0.2, -0.15) is 0 Å². The van der Waals surface area contributed by atoms with Crippen LogP contribution in [-0.2, 0) is 0 Å². The first-order valence-electron chi connectivity index (χ1n) is 5.76. The van der Waals surface area contributed by atoms with Crippen molar-refractivity contribution >= 4 is 65.9 Å². The standard InChI is InChI=1S/C14H8Br2ClN3/c15-8-5-13-14(19-7-8)12(3-4-18-13)20-11-2-1-9(17)6-10(11)16/h1-7H,(H,18,20). The third-order valence-corrected chi connectivity index (χ3v) is 4.07. The summed E-state index contributed by atoms with van der Waals surface area (Å²) in [6.45, 7) is 0. The number of pyridine rings is 2. The van der Waals surface area contributed by atoms with E-state index in [0.29, 0.717) is 5.02 Å². The Morgan fingerprint density at radius 1 is 1.00 bits per heavy atom. The van der Waals surface area contributed by atoms with Crippen LogP contribution in [0.4, 0.5) is 11.4 Å². The van der Waals surface area contributed by atoms with Crippen molar-refractivity contribution < 1.29 is 0 Å². The Balaban J connectivity index is 2.06. The Kier molecular flexibility index (Phi) is 3.92. The number of nitrogens with zero attached hydrogens (tertiary/aromatic N) is 2. The van der Waals surface area contributed by atoms with Crippen LogP contribution in [0.5, 0.6) is 0 Å². The Bertz CT molecular complexity index is 792. The minimum absolute atomic E-state index is 0.684. The van der Waals surface area contributed by atoms with Crippen LogP contribution in [0.25, 0.3) is 11.0 Å². The van der Waals surface area contributed by atoms with Gasteiger partial charge in [0.25, 0.3) is 0 Å². The first-order valence-corrected chi connectivity index (χ1v) is 7.72. The van der Waals surface area contributed by atoms with Crippen LogP contribution in [0.1, 0.15) is 0 Å². The molecule has 0 radical (unpaired) electrons. The molecule has 0 amide bonds. The smallest absolute Gasteiger partial charge is 0.112 e. The molecule has 3 rings (SSSR count). The molecule has 100 valence electrons. The van der Waals surface area contributed by atoms with E-state index in [4.69, 9.17) is 11.6 Å². The Hall–Kier alpha value is -1.17. The average molecular weight is 414 g/mol. The van der Waals surface area contributed by atoms with Crippen molar-refractivity contribution in [3.8, 4) is 0 Å². The molecule has 0 saturated carbocycles. The largest absolute Gasteiger partial charge is 0.353 e. The van der Waals surface area contributed by atoms with E-state index in [2.05, 4.69) is 47.1 Å². The van der Waals surface area contributed by atoms with Crippen LogP contribution in [0, 0.1) is 0 Å². The SMILES string of the molecule is Clc1ccc(Nc2ccnc3cc(Br)cnc23)c(Br)c1. The van der Waals surface area contributed by atoms with Gasteiger partial charge < -0.3 is 5.32 Å². The van der Waals surface area contributed by atoms with Crippen LogP contribution >= 0.6 is 43.5 Å². The van der Waals surface area contributed by atoms with Gasteiger partial charge in [0, 0.05) is 26.4 Å². The van der Waals surface area contributed by atoms with Gasteiger partial charge in [-0.15, -0.1) is 0 Å². The van der Waals surface area contributed by atoms with Gasteiger partial charge in [-0.3, -0.25) is 9.97 Å². The fourth-order valence-corrected chi connectivity index (χ4v) is 2.94. The molecule has 0 fully saturated rings. The summed E-state index contributed by atoms with van der Waals surface area (Å²) in [6, 6.07) is 9.42. The fraction of sp³-hybridized carbons (Fsp3) is 0. The van der Waals surface area contributed by atoms with E-state index in [0.717, 1.165) is 31.4 Å². The number of nitrogens with one attached hydrogen (secondary N) is 1. The zero-order valence-corrected chi connectivity index (χ0v) is 14.0. The highest BCUT2D eigenvalue weighted by Gasteiger charge is 2.06. The molecule has 0 atom stereocenters. The van der Waals surface area contributed by atoms with Gasteiger partial charge >= 0.3 is 0 Å². The van der Waals surface area contributed by atoms with Gasteiger partial charge in [-0.25, -0.2) is 0 Å². The predicted octanol–water partition coefficient (Wildman–Crippen LogP) is 5.55. The first-order chi connectivity index (χ1) is 9.63. The zero-order chi connectivity index (χ0) is 14.1. The Morgan fingerprint density at radius 3 is 2.65 bits per heavy atom. The lowest BCUT2D eigenvalue weighted by atomic mass is 10.2. The van der Waals surface area contributed by atoms with E-state index in [1.165, 1.54) is 0 Å². The monoisotopic (exact) mass is 411 g/mol. The normalized spacial score (nSPS) is 10.8. The molecule has 0 aliphatic carbocycles. The maximum absolute atomic E-state index is 5.95. The summed E-state index contributed by atoms with van der Waals surface area (Å²) in [7, 11) is 0. The average Bonchev–Trinajstić information content (AvgIpc) is 2.41. The molecule has 3 nitrogen and oxygen atoms in total. The molecule has 0 spiro atoms. The van der Waals surface area contributed by atoms with Gasteiger partial charge in [0.1, 0.15) is 5.52 Å². The number of fused-ring (bicyclic) bond motifs is 1. The first kappa shape index (κ1) is 13.8. The molecule has 0 bridgehead atoms. The molecule has 6 heteroatoms. The number of hydrogen-bond acceptors (Lipinski definition) is 3. The second kappa shape index (κ2) is 5.68. The molecule has 3 aromatic rings. The molecule has 1 aromatic carbocycles. The van der Waals surface area contributed by atoms with Crippen molar-refractivity contribution in [1.82, 2.24) is 9.97 Å². The molecule has 1 N–H and O–H groups in total. The third-order valence-electron chi connectivity index (χ3n) is 2.74. The molecular weight excluding hydrogens is 405 g/mol. The molecule has 0 aliphatic heterocycles. The Labute approximate surface area is 137 Å². The highest BCUT2D eigenvalue weighted by atomic mass is 79.9. The van der Waals surface area contributed by atoms with Gasteiger partial charge in [-0.1, -0.05) is 11.6 Å². The number of hydrogen-bond donors (Lipinski definition) is 1. The van der Waals surface area contributed by atoms with Gasteiger partial charge in [0.05, 0.1) is 16.9 Å². The number of rotatable bonds is 2. The summed E-state index contributed by atoms with van der Waals surface area (Å²) in [5, 5.41) is 4.02. The van der Waals surface area contributed by atoms with Crippen molar-refractivity contribution in [3.63, 3.8) is 0 Å². The van der Waals surface area contributed by atoms with Crippen LogP contribution in [0.3, 0.4) is 0 Å². The van der Waals surface area contributed by atoms with Gasteiger partial charge in [-0.05, 0) is 62.2 Å². The molecular formula is C14H8Br2ClN3. The molecule has 0 aliphatic rings.